The van der Waals surface area contributed by atoms with E-state index in [1.807, 2.05) is 12.1 Å². The maximum absolute atomic E-state index is 13.3. The predicted octanol–water partition coefficient (Wildman–Crippen LogP) is 4.78. The van der Waals surface area contributed by atoms with Crippen LogP contribution in [0.3, 0.4) is 0 Å². The van der Waals surface area contributed by atoms with Crippen molar-refractivity contribution in [2.75, 3.05) is 5.73 Å². The van der Waals surface area contributed by atoms with Gasteiger partial charge in [0.2, 0.25) is 0 Å². The van der Waals surface area contributed by atoms with Crippen LogP contribution < -0.4 is 16.6 Å². The number of ketones is 1. The number of hydrogen-bond acceptors (Lipinski definition) is 6. The van der Waals surface area contributed by atoms with Crippen LogP contribution in [-0.4, -0.2) is 28.5 Å². The zero-order chi connectivity index (χ0) is 27.2. The van der Waals surface area contributed by atoms with E-state index in [2.05, 4.69) is 19.2 Å². The van der Waals surface area contributed by atoms with Crippen molar-refractivity contribution in [3.05, 3.63) is 93.5 Å². The van der Waals surface area contributed by atoms with E-state index in [0.29, 0.717) is 24.6 Å². The SMILES string of the molecule is CC(C)CC(NCc1ccc(-n2c(N)c(C(=O)c3ccc(F)cc3)ccc2=O)cc1)C(=O)OC1CCCC1. The van der Waals surface area contributed by atoms with E-state index >= 15 is 0 Å². The van der Waals surface area contributed by atoms with Crippen molar-refractivity contribution in [1.82, 2.24) is 9.88 Å². The number of nitrogens with two attached hydrogens (primary N) is 1. The Bertz CT molecular complexity index is 1330. The number of esters is 1. The lowest BCUT2D eigenvalue weighted by Gasteiger charge is -2.22. The minimum absolute atomic E-state index is 0.00403. The maximum Gasteiger partial charge on any atom is 0.323 e. The molecule has 3 aromatic rings. The number of carbonyl (C=O) groups is 2. The zero-order valence-electron chi connectivity index (χ0n) is 21.8. The molecule has 0 bridgehead atoms. The van der Waals surface area contributed by atoms with Crippen LogP contribution in [0, 0.1) is 11.7 Å². The molecule has 0 amide bonds. The third kappa shape index (κ3) is 6.55. The second-order valence-electron chi connectivity index (χ2n) is 10.2. The number of aromatic nitrogens is 1. The Morgan fingerprint density at radius 3 is 2.32 bits per heavy atom. The van der Waals surface area contributed by atoms with Crippen LogP contribution in [0.5, 0.6) is 0 Å². The third-order valence-corrected chi connectivity index (χ3v) is 6.80. The van der Waals surface area contributed by atoms with Gasteiger partial charge in [-0.15, -0.1) is 0 Å². The molecule has 0 spiro atoms. The van der Waals surface area contributed by atoms with Crippen LogP contribution in [0.2, 0.25) is 0 Å². The molecule has 0 saturated heterocycles. The molecule has 1 aliphatic rings. The van der Waals surface area contributed by atoms with Gasteiger partial charge in [-0.2, -0.15) is 0 Å². The summed E-state index contributed by atoms with van der Waals surface area (Å²) in [6, 6.07) is 14.6. The quantitative estimate of drug-likeness (QED) is 0.295. The molecule has 8 heteroatoms. The number of anilines is 1. The molecule has 38 heavy (non-hydrogen) atoms. The Labute approximate surface area is 221 Å². The molecule has 4 rings (SSSR count). The summed E-state index contributed by atoms with van der Waals surface area (Å²) in [6.45, 7) is 4.59. The second kappa shape index (κ2) is 12.2. The van der Waals surface area contributed by atoms with Gasteiger partial charge in [0, 0.05) is 18.2 Å². The first-order valence-corrected chi connectivity index (χ1v) is 13.1. The first kappa shape index (κ1) is 27.3. The Kier molecular flexibility index (Phi) is 8.73. The summed E-state index contributed by atoms with van der Waals surface area (Å²) < 4.78 is 20.3. The van der Waals surface area contributed by atoms with Crippen molar-refractivity contribution in [2.45, 2.75) is 64.6 Å². The van der Waals surface area contributed by atoms with Crippen LogP contribution in [-0.2, 0) is 16.1 Å². The van der Waals surface area contributed by atoms with E-state index < -0.39 is 17.6 Å². The molecule has 7 nitrogen and oxygen atoms in total. The summed E-state index contributed by atoms with van der Waals surface area (Å²) in [4.78, 5) is 38.4. The fourth-order valence-corrected chi connectivity index (χ4v) is 4.76. The molecule has 1 heterocycles. The summed E-state index contributed by atoms with van der Waals surface area (Å²) in [5.41, 5.74) is 7.74. The van der Waals surface area contributed by atoms with Crippen LogP contribution in [0.25, 0.3) is 5.69 Å². The monoisotopic (exact) mass is 519 g/mol. The largest absolute Gasteiger partial charge is 0.461 e. The van der Waals surface area contributed by atoms with Crippen LogP contribution in [0.15, 0.2) is 65.5 Å². The van der Waals surface area contributed by atoms with Gasteiger partial charge in [0.05, 0.1) is 11.3 Å². The highest BCUT2D eigenvalue weighted by molar-refractivity contribution is 6.11. The number of carbonyl (C=O) groups excluding carboxylic acids is 2. The van der Waals surface area contributed by atoms with Gasteiger partial charge in [-0.1, -0.05) is 26.0 Å². The molecule has 3 N–H and O–H groups in total. The Morgan fingerprint density at radius 2 is 1.68 bits per heavy atom. The number of nitrogens with zero attached hydrogens (tertiary/aromatic N) is 1. The summed E-state index contributed by atoms with van der Waals surface area (Å²) in [6.07, 6.45) is 4.76. The smallest absolute Gasteiger partial charge is 0.323 e. The highest BCUT2D eigenvalue weighted by Crippen LogP contribution is 2.23. The molecule has 1 aliphatic carbocycles. The van der Waals surface area contributed by atoms with Gasteiger partial charge in [-0.3, -0.25) is 19.0 Å². The molecule has 0 radical (unpaired) electrons. The predicted molar refractivity (Wildman–Crippen MR) is 145 cm³/mol. The molecule has 1 aromatic heterocycles. The van der Waals surface area contributed by atoms with Crippen molar-refractivity contribution in [3.8, 4) is 5.69 Å². The van der Waals surface area contributed by atoms with Gasteiger partial charge in [0.25, 0.3) is 5.56 Å². The van der Waals surface area contributed by atoms with E-state index in [4.69, 9.17) is 10.5 Å². The average molecular weight is 520 g/mol. The fraction of sp³-hybridized carbons (Fsp3) is 0.367. The topological polar surface area (TPSA) is 103 Å². The van der Waals surface area contributed by atoms with Crippen molar-refractivity contribution in [3.63, 3.8) is 0 Å². The zero-order valence-corrected chi connectivity index (χ0v) is 21.8. The molecule has 1 saturated carbocycles. The van der Waals surface area contributed by atoms with Crippen LogP contribution in [0.1, 0.15) is 67.4 Å². The van der Waals surface area contributed by atoms with Crippen molar-refractivity contribution < 1.29 is 18.7 Å². The summed E-state index contributed by atoms with van der Waals surface area (Å²) in [7, 11) is 0. The Morgan fingerprint density at radius 1 is 1.03 bits per heavy atom. The normalized spacial score (nSPS) is 14.5. The Balaban J connectivity index is 1.48. The lowest BCUT2D eigenvalue weighted by atomic mass is 10.0. The number of benzene rings is 2. The first-order chi connectivity index (χ1) is 18.2. The molecule has 1 unspecified atom stereocenters. The standard InChI is InChI=1S/C30H34FN3O4/c1-19(2)17-26(30(37)38-24-5-3-4-6-24)33-18-20-7-13-23(14-8-20)34-27(35)16-15-25(29(34)32)28(36)21-9-11-22(31)12-10-21/h7-16,19,24,26,33H,3-6,17-18,32H2,1-2H3. The van der Waals surface area contributed by atoms with Crippen molar-refractivity contribution >= 4 is 17.6 Å². The summed E-state index contributed by atoms with van der Waals surface area (Å²) in [5, 5.41) is 3.33. The van der Waals surface area contributed by atoms with Gasteiger partial charge >= 0.3 is 5.97 Å². The van der Waals surface area contributed by atoms with Gasteiger partial charge in [0.15, 0.2) is 5.78 Å². The number of ether oxygens (including phenoxy) is 1. The summed E-state index contributed by atoms with van der Waals surface area (Å²) >= 11 is 0. The second-order valence-corrected chi connectivity index (χ2v) is 10.2. The number of rotatable bonds is 10. The van der Waals surface area contributed by atoms with Crippen molar-refractivity contribution in [2.24, 2.45) is 5.92 Å². The number of pyridine rings is 1. The van der Waals surface area contributed by atoms with Gasteiger partial charge in [0.1, 0.15) is 23.8 Å². The minimum atomic E-state index is -0.449. The Hall–Kier alpha value is -3.78. The van der Waals surface area contributed by atoms with Gasteiger partial charge in [-0.25, -0.2) is 4.39 Å². The minimum Gasteiger partial charge on any atom is -0.461 e. The first-order valence-electron chi connectivity index (χ1n) is 13.1. The summed E-state index contributed by atoms with van der Waals surface area (Å²) in [5.74, 6) is -0.729. The third-order valence-electron chi connectivity index (χ3n) is 6.80. The van der Waals surface area contributed by atoms with Gasteiger partial charge in [-0.05, 0) is 86.1 Å². The number of nitrogens with one attached hydrogen (secondary N) is 1. The maximum atomic E-state index is 13.3. The van der Waals surface area contributed by atoms with Crippen molar-refractivity contribution in [1.29, 1.82) is 0 Å². The lowest BCUT2D eigenvalue weighted by Crippen LogP contribution is -2.40. The van der Waals surface area contributed by atoms with Crippen LogP contribution in [0.4, 0.5) is 10.2 Å². The number of nitrogen functional groups attached to an aromatic ring is 1. The van der Waals surface area contributed by atoms with Gasteiger partial charge < -0.3 is 15.8 Å². The van der Waals surface area contributed by atoms with E-state index in [1.165, 1.54) is 41.0 Å². The molecule has 200 valence electrons. The molecular formula is C30H34FN3O4. The number of hydrogen-bond donors (Lipinski definition) is 2. The van der Waals surface area contributed by atoms with Crippen LogP contribution >= 0.6 is 0 Å². The highest BCUT2D eigenvalue weighted by Gasteiger charge is 2.26. The molecule has 1 atom stereocenters. The van der Waals surface area contributed by atoms with E-state index in [-0.39, 0.29) is 34.6 Å². The highest BCUT2D eigenvalue weighted by atomic mass is 19.1. The van der Waals surface area contributed by atoms with E-state index in [1.54, 1.807) is 12.1 Å². The number of halogens is 1. The molecule has 1 fully saturated rings. The average Bonchev–Trinajstić information content (AvgIpc) is 3.40. The van der Waals surface area contributed by atoms with E-state index in [0.717, 1.165) is 31.2 Å². The fourth-order valence-electron chi connectivity index (χ4n) is 4.76. The lowest BCUT2D eigenvalue weighted by molar-refractivity contribution is -0.151. The molecular weight excluding hydrogens is 485 g/mol. The molecule has 2 aromatic carbocycles. The molecule has 0 aliphatic heterocycles. The van der Waals surface area contributed by atoms with E-state index in [9.17, 15) is 18.8 Å².